The average Bonchev–Trinajstić information content (AvgIpc) is 2.71. The van der Waals surface area contributed by atoms with Crippen molar-refractivity contribution in [3.8, 4) is 11.8 Å². The molecule has 0 radical (unpaired) electrons. The Kier molecular flexibility index (Phi) is 3.01. The second-order valence-corrected chi connectivity index (χ2v) is 3.29. The fourth-order valence-electron chi connectivity index (χ4n) is 1.36. The Labute approximate surface area is 88.9 Å². The summed E-state index contributed by atoms with van der Waals surface area (Å²) in [5.74, 6) is 6.19. The summed E-state index contributed by atoms with van der Waals surface area (Å²) < 4.78 is 0. The van der Waals surface area contributed by atoms with Gasteiger partial charge in [0.05, 0.1) is 0 Å². The Balaban J connectivity index is 2.16. The maximum absolute atomic E-state index is 4.27. The van der Waals surface area contributed by atoms with Gasteiger partial charge in [-0.15, -0.1) is 0 Å². The lowest BCUT2D eigenvalue weighted by Gasteiger charge is -1.91. The predicted molar refractivity (Wildman–Crippen MR) is 61.5 cm³/mol. The first kappa shape index (κ1) is 9.75. The molecule has 0 spiro atoms. The lowest BCUT2D eigenvalue weighted by atomic mass is 10.2. The molecular formula is C12H13N3. The third-order valence-corrected chi connectivity index (χ3v) is 2.13. The number of H-pyrrole nitrogens is 1. The maximum Gasteiger partial charge on any atom is 0.137 e. The highest BCUT2D eigenvalue weighted by molar-refractivity contribution is 5.76. The van der Waals surface area contributed by atoms with E-state index in [4.69, 9.17) is 0 Å². The summed E-state index contributed by atoms with van der Waals surface area (Å²) in [6, 6.07) is 4.05. The van der Waals surface area contributed by atoms with E-state index in [1.54, 1.807) is 6.20 Å². The van der Waals surface area contributed by atoms with Crippen LogP contribution in [0.25, 0.3) is 11.0 Å². The first-order valence-corrected chi connectivity index (χ1v) is 4.97. The quantitative estimate of drug-likeness (QED) is 0.568. The molecule has 0 fully saturated rings. The number of nitrogens with zero attached hydrogens (tertiary/aromatic N) is 1. The van der Waals surface area contributed by atoms with Gasteiger partial charge in [-0.05, 0) is 19.2 Å². The SMILES string of the molecule is CNCCC#Cc1cnc2[nH]ccc2c1. The minimum Gasteiger partial charge on any atom is -0.346 e. The van der Waals surface area contributed by atoms with Gasteiger partial charge in [-0.3, -0.25) is 0 Å². The van der Waals surface area contributed by atoms with E-state index in [9.17, 15) is 0 Å². The third-order valence-electron chi connectivity index (χ3n) is 2.13. The fourth-order valence-corrected chi connectivity index (χ4v) is 1.36. The Morgan fingerprint density at radius 2 is 2.47 bits per heavy atom. The van der Waals surface area contributed by atoms with Crippen LogP contribution in [0.15, 0.2) is 24.5 Å². The van der Waals surface area contributed by atoms with Crippen LogP contribution in [0.4, 0.5) is 0 Å². The molecule has 15 heavy (non-hydrogen) atoms. The van der Waals surface area contributed by atoms with E-state index >= 15 is 0 Å². The van der Waals surface area contributed by atoms with Gasteiger partial charge in [0.15, 0.2) is 0 Å². The van der Waals surface area contributed by atoms with Crippen LogP contribution in [0.5, 0.6) is 0 Å². The van der Waals surface area contributed by atoms with Crippen molar-refractivity contribution < 1.29 is 0 Å². The van der Waals surface area contributed by atoms with Crippen LogP contribution in [0.1, 0.15) is 12.0 Å². The van der Waals surface area contributed by atoms with Gasteiger partial charge in [-0.2, -0.15) is 0 Å². The molecule has 2 heterocycles. The molecule has 0 aromatic carbocycles. The molecule has 2 rings (SSSR count). The van der Waals surface area contributed by atoms with Crippen LogP contribution in [0.2, 0.25) is 0 Å². The number of aromatic amines is 1. The van der Waals surface area contributed by atoms with Crippen LogP contribution in [0, 0.1) is 11.8 Å². The smallest absolute Gasteiger partial charge is 0.137 e. The van der Waals surface area contributed by atoms with Gasteiger partial charge in [-0.1, -0.05) is 11.8 Å². The lowest BCUT2D eigenvalue weighted by Crippen LogP contribution is -2.05. The molecule has 0 unspecified atom stereocenters. The van der Waals surface area contributed by atoms with Gasteiger partial charge in [0, 0.05) is 36.3 Å². The zero-order valence-electron chi connectivity index (χ0n) is 8.67. The summed E-state index contributed by atoms with van der Waals surface area (Å²) in [6.45, 7) is 0.923. The van der Waals surface area contributed by atoms with Gasteiger partial charge >= 0.3 is 0 Å². The van der Waals surface area contributed by atoms with Gasteiger partial charge in [0.25, 0.3) is 0 Å². The van der Waals surface area contributed by atoms with E-state index in [0.717, 1.165) is 29.6 Å². The van der Waals surface area contributed by atoms with Gasteiger partial charge < -0.3 is 10.3 Å². The molecule has 0 bridgehead atoms. The molecule has 0 amide bonds. The number of hydrogen-bond acceptors (Lipinski definition) is 2. The first-order valence-electron chi connectivity index (χ1n) is 4.97. The van der Waals surface area contributed by atoms with Crippen LogP contribution in [-0.2, 0) is 0 Å². The zero-order valence-corrected chi connectivity index (χ0v) is 8.67. The summed E-state index contributed by atoms with van der Waals surface area (Å²) in [5.41, 5.74) is 1.88. The van der Waals surface area contributed by atoms with Crippen LogP contribution >= 0.6 is 0 Å². The summed E-state index contributed by atoms with van der Waals surface area (Å²) in [4.78, 5) is 7.32. The number of pyridine rings is 1. The molecule has 2 aromatic heterocycles. The molecule has 0 aliphatic rings. The standard InChI is InChI=1S/C12H13N3/c1-13-6-3-2-4-10-8-11-5-7-14-12(11)15-9-10/h5,7-9,13H,3,6H2,1H3,(H,14,15). The van der Waals surface area contributed by atoms with Gasteiger partial charge in [0.2, 0.25) is 0 Å². The van der Waals surface area contributed by atoms with Gasteiger partial charge in [0.1, 0.15) is 5.65 Å². The van der Waals surface area contributed by atoms with Crippen molar-refractivity contribution in [1.29, 1.82) is 0 Å². The molecule has 2 N–H and O–H groups in total. The molecule has 3 heteroatoms. The molecule has 0 aliphatic heterocycles. The molecular weight excluding hydrogens is 186 g/mol. The van der Waals surface area contributed by atoms with Crippen molar-refractivity contribution in [2.24, 2.45) is 0 Å². The number of hydrogen-bond donors (Lipinski definition) is 2. The van der Waals surface area contributed by atoms with Crippen molar-refractivity contribution in [2.75, 3.05) is 13.6 Å². The first-order chi connectivity index (χ1) is 7.40. The average molecular weight is 199 g/mol. The fraction of sp³-hybridized carbons (Fsp3) is 0.250. The highest BCUT2D eigenvalue weighted by Gasteiger charge is 1.95. The second-order valence-electron chi connectivity index (χ2n) is 3.29. The predicted octanol–water partition coefficient (Wildman–Crippen LogP) is 1.52. The molecule has 2 aromatic rings. The van der Waals surface area contributed by atoms with E-state index in [-0.39, 0.29) is 0 Å². The second kappa shape index (κ2) is 4.63. The maximum atomic E-state index is 4.27. The summed E-state index contributed by atoms with van der Waals surface area (Å²) in [6.07, 6.45) is 4.54. The number of rotatable bonds is 2. The Morgan fingerprint density at radius 1 is 1.53 bits per heavy atom. The highest BCUT2D eigenvalue weighted by Crippen LogP contribution is 2.10. The zero-order chi connectivity index (χ0) is 10.5. The molecule has 0 atom stereocenters. The molecule has 76 valence electrons. The van der Waals surface area contributed by atoms with Crippen molar-refractivity contribution in [1.82, 2.24) is 15.3 Å². The van der Waals surface area contributed by atoms with Crippen LogP contribution in [0.3, 0.4) is 0 Å². The molecule has 0 saturated carbocycles. The van der Waals surface area contributed by atoms with E-state index in [0.29, 0.717) is 0 Å². The lowest BCUT2D eigenvalue weighted by molar-refractivity contribution is 0.818. The minimum atomic E-state index is 0.863. The highest BCUT2D eigenvalue weighted by atomic mass is 14.8. The van der Waals surface area contributed by atoms with E-state index in [1.165, 1.54) is 0 Å². The summed E-state index contributed by atoms with van der Waals surface area (Å²) in [5, 5.41) is 4.16. The summed E-state index contributed by atoms with van der Waals surface area (Å²) in [7, 11) is 1.93. The molecule has 3 nitrogen and oxygen atoms in total. The topological polar surface area (TPSA) is 40.7 Å². The Bertz CT molecular complexity index is 502. The van der Waals surface area contributed by atoms with E-state index < -0.39 is 0 Å². The Hall–Kier alpha value is -1.79. The van der Waals surface area contributed by atoms with Crippen molar-refractivity contribution >= 4 is 11.0 Å². The minimum absolute atomic E-state index is 0.863. The third kappa shape index (κ3) is 2.36. The van der Waals surface area contributed by atoms with E-state index in [1.807, 2.05) is 25.4 Å². The van der Waals surface area contributed by atoms with Crippen LogP contribution in [-0.4, -0.2) is 23.6 Å². The van der Waals surface area contributed by atoms with Crippen molar-refractivity contribution in [3.05, 3.63) is 30.1 Å². The molecule has 0 aliphatic carbocycles. The van der Waals surface area contributed by atoms with Gasteiger partial charge in [-0.25, -0.2) is 4.98 Å². The molecule has 0 saturated heterocycles. The van der Waals surface area contributed by atoms with Crippen molar-refractivity contribution in [3.63, 3.8) is 0 Å². The largest absolute Gasteiger partial charge is 0.346 e. The monoisotopic (exact) mass is 199 g/mol. The Morgan fingerprint density at radius 3 is 3.33 bits per heavy atom. The normalized spacial score (nSPS) is 9.93. The number of aromatic nitrogens is 2. The van der Waals surface area contributed by atoms with Crippen LogP contribution < -0.4 is 5.32 Å². The summed E-state index contributed by atoms with van der Waals surface area (Å²) >= 11 is 0. The van der Waals surface area contributed by atoms with E-state index in [2.05, 4.69) is 27.1 Å². The van der Waals surface area contributed by atoms with Crippen molar-refractivity contribution in [2.45, 2.75) is 6.42 Å². The number of fused-ring (bicyclic) bond motifs is 1. The number of nitrogens with one attached hydrogen (secondary N) is 2.